The van der Waals surface area contributed by atoms with Crippen molar-refractivity contribution < 1.29 is 0 Å². The Kier molecular flexibility index (Phi) is 2.91. The first kappa shape index (κ1) is 10.7. The molecule has 2 heterocycles. The molecule has 0 atom stereocenters. The molecule has 0 bridgehead atoms. The van der Waals surface area contributed by atoms with Crippen molar-refractivity contribution in [1.29, 1.82) is 0 Å². The van der Waals surface area contributed by atoms with E-state index < -0.39 is 0 Å². The van der Waals surface area contributed by atoms with E-state index in [0.717, 1.165) is 5.69 Å². The van der Waals surface area contributed by atoms with Gasteiger partial charge in [0.25, 0.3) is 5.56 Å². The van der Waals surface area contributed by atoms with Gasteiger partial charge in [0.2, 0.25) is 0 Å². The minimum absolute atomic E-state index is 0.194. The van der Waals surface area contributed by atoms with Gasteiger partial charge in [0.15, 0.2) is 4.77 Å². The molecule has 0 unspecified atom stereocenters. The van der Waals surface area contributed by atoms with Crippen LogP contribution in [-0.2, 0) is 6.54 Å². The SMILES string of the molecule is Cc1nccc(Cn2ccc(=O)[nH]c2=S)n1. The summed E-state index contributed by atoms with van der Waals surface area (Å²) in [4.78, 5) is 21.8. The largest absolute Gasteiger partial charge is 0.319 e. The van der Waals surface area contributed by atoms with E-state index in [9.17, 15) is 4.79 Å². The molecule has 0 amide bonds. The summed E-state index contributed by atoms with van der Waals surface area (Å²) in [6.45, 7) is 2.36. The molecule has 0 aromatic carbocycles. The van der Waals surface area contributed by atoms with E-state index in [1.165, 1.54) is 6.07 Å². The van der Waals surface area contributed by atoms with Gasteiger partial charge in [0.05, 0.1) is 12.2 Å². The summed E-state index contributed by atoms with van der Waals surface area (Å²) in [6, 6.07) is 3.25. The monoisotopic (exact) mass is 234 g/mol. The predicted octanol–water partition coefficient (Wildman–Crippen LogP) is 1.05. The highest BCUT2D eigenvalue weighted by molar-refractivity contribution is 7.71. The molecule has 2 aromatic rings. The van der Waals surface area contributed by atoms with Crippen LogP contribution in [0, 0.1) is 11.7 Å². The summed E-state index contributed by atoms with van der Waals surface area (Å²) in [5.74, 6) is 0.716. The van der Waals surface area contributed by atoms with E-state index in [4.69, 9.17) is 12.2 Å². The Balaban J connectivity index is 2.34. The van der Waals surface area contributed by atoms with Gasteiger partial charge in [-0.05, 0) is 25.2 Å². The first-order valence-corrected chi connectivity index (χ1v) is 5.14. The number of hydrogen-bond donors (Lipinski definition) is 1. The van der Waals surface area contributed by atoms with Gasteiger partial charge in [-0.25, -0.2) is 9.97 Å². The van der Waals surface area contributed by atoms with Crippen molar-refractivity contribution in [3.8, 4) is 0 Å². The van der Waals surface area contributed by atoms with Crippen LogP contribution in [0.5, 0.6) is 0 Å². The maximum Gasteiger partial charge on any atom is 0.251 e. The number of aryl methyl sites for hydroxylation is 1. The van der Waals surface area contributed by atoms with Crippen LogP contribution < -0.4 is 5.56 Å². The molecule has 0 saturated heterocycles. The molecule has 0 spiro atoms. The van der Waals surface area contributed by atoms with Crippen LogP contribution in [0.1, 0.15) is 11.5 Å². The van der Waals surface area contributed by atoms with E-state index >= 15 is 0 Å². The second-order valence-electron chi connectivity index (χ2n) is 3.33. The normalized spacial score (nSPS) is 10.3. The van der Waals surface area contributed by atoms with E-state index in [1.54, 1.807) is 17.0 Å². The molecule has 0 aliphatic heterocycles. The number of hydrogen-bond acceptors (Lipinski definition) is 4. The summed E-state index contributed by atoms with van der Waals surface area (Å²) in [6.07, 6.45) is 3.35. The van der Waals surface area contributed by atoms with Crippen LogP contribution in [0.3, 0.4) is 0 Å². The van der Waals surface area contributed by atoms with Crippen molar-refractivity contribution in [2.24, 2.45) is 0 Å². The summed E-state index contributed by atoms with van der Waals surface area (Å²) in [7, 11) is 0. The second-order valence-corrected chi connectivity index (χ2v) is 3.72. The third kappa shape index (κ3) is 2.40. The Morgan fingerprint density at radius 3 is 3.00 bits per heavy atom. The van der Waals surface area contributed by atoms with Crippen molar-refractivity contribution in [2.45, 2.75) is 13.5 Å². The Morgan fingerprint density at radius 1 is 1.50 bits per heavy atom. The second kappa shape index (κ2) is 4.36. The summed E-state index contributed by atoms with van der Waals surface area (Å²) in [5.41, 5.74) is 0.663. The maximum atomic E-state index is 11.0. The first-order valence-electron chi connectivity index (χ1n) is 4.73. The van der Waals surface area contributed by atoms with Crippen LogP contribution in [0.25, 0.3) is 0 Å². The lowest BCUT2D eigenvalue weighted by molar-refractivity contribution is 0.720. The topological polar surface area (TPSA) is 63.6 Å². The molecular weight excluding hydrogens is 224 g/mol. The molecule has 1 N–H and O–H groups in total. The van der Waals surface area contributed by atoms with Crippen molar-refractivity contribution in [1.82, 2.24) is 19.5 Å². The van der Waals surface area contributed by atoms with Gasteiger partial charge in [-0.2, -0.15) is 0 Å². The Bertz CT molecular complexity index is 616. The number of aromatic amines is 1. The van der Waals surface area contributed by atoms with Gasteiger partial charge in [0.1, 0.15) is 5.82 Å². The molecule has 0 aliphatic rings. The fourth-order valence-corrected chi connectivity index (χ4v) is 1.56. The van der Waals surface area contributed by atoms with Gasteiger partial charge in [-0.15, -0.1) is 0 Å². The predicted molar refractivity (Wildman–Crippen MR) is 61.8 cm³/mol. The maximum absolute atomic E-state index is 11.0. The van der Waals surface area contributed by atoms with Gasteiger partial charge in [-0.3, -0.25) is 9.78 Å². The Hall–Kier alpha value is -1.82. The molecule has 0 fully saturated rings. The highest BCUT2D eigenvalue weighted by Gasteiger charge is 1.98. The Morgan fingerprint density at radius 2 is 2.31 bits per heavy atom. The number of nitrogens with zero attached hydrogens (tertiary/aromatic N) is 3. The number of rotatable bonds is 2. The summed E-state index contributed by atoms with van der Waals surface area (Å²) in [5, 5.41) is 0. The van der Waals surface area contributed by atoms with Crippen molar-refractivity contribution in [3.63, 3.8) is 0 Å². The molecule has 2 aromatic heterocycles. The minimum atomic E-state index is -0.194. The lowest BCUT2D eigenvalue weighted by atomic mass is 10.4. The van der Waals surface area contributed by atoms with Crippen molar-refractivity contribution >= 4 is 12.2 Å². The zero-order valence-corrected chi connectivity index (χ0v) is 9.49. The molecule has 0 saturated carbocycles. The minimum Gasteiger partial charge on any atom is -0.319 e. The molecule has 0 aliphatic carbocycles. The highest BCUT2D eigenvalue weighted by atomic mass is 32.1. The molecule has 16 heavy (non-hydrogen) atoms. The average Bonchev–Trinajstić information content (AvgIpc) is 2.22. The van der Waals surface area contributed by atoms with Crippen LogP contribution in [0.15, 0.2) is 29.3 Å². The van der Waals surface area contributed by atoms with Crippen LogP contribution in [0.4, 0.5) is 0 Å². The van der Waals surface area contributed by atoms with Gasteiger partial charge in [0, 0.05) is 18.5 Å². The number of H-pyrrole nitrogens is 1. The molecule has 2 rings (SSSR count). The molecule has 6 heteroatoms. The van der Waals surface area contributed by atoms with Gasteiger partial charge >= 0.3 is 0 Å². The summed E-state index contributed by atoms with van der Waals surface area (Å²) >= 11 is 5.04. The van der Waals surface area contributed by atoms with Crippen molar-refractivity contribution in [3.05, 3.63) is 51.2 Å². The van der Waals surface area contributed by atoms with Crippen LogP contribution in [-0.4, -0.2) is 19.5 Å². The van der Waals surface area contributed by atoms with Crippen LogP contribution in [0.2, 0.25) is 0 Å². The van der Waals surface area contributed by atoms with Crippen LogP contribution >= 0.6 is 12.2 Å². The zero-order valence-electron chi connectivity index (χ0n) is 8.67. The Labute approximate surface area is 96.8 Å². The zero-order chi connectivity index (χ0) is 11.5. The standard InChI is InChI=1S/C10H10N4OS/c1-7-11-4-2-8(12-7)6-14-5-3-9(15)13-10(14)16/h2-5H,6H2,1H3,(H,13,15,16). The highest BCUT2D eigenvalue weighted by Crippen LogP contribution is 1.98. The van der Waals surface area contributed by atoms with E-state index in [0.29, 0.717) is 17.1 Å². The first-order chi connectivity index (χ1) is 7.65. The number of aromatic nitrogens is 4. The fourth-order valence-electron chi connectivity index (χ4n) is 1.34. The average molecular weight is 234 g/mol. The van der Waals surface area contributed by atoms with E-state index in [-0.39, 0.29) is 5.56 Å². The molecule has 82 valence electrons. The molecular formula is C10H10N4OS. The van der Waals surface area contributed by atoms with Crippen molar-refractivity contribution in [2.75, 3.05) is 0 Å². The number of nitrogens with one attached hydrogen (secondary N) is 1. The summed E-state index contributed by atoms with van der Waals surface area (Å²) < 4.78 is 2.14. The van der Waals surface area contributed by atoms with Gasteiger partial charge < -0.3 is 4.57 Å². The lowest BCUT2D eigenvalue weighted by Gasteiger charge is -2.05. The molecule has 0 radical (unpaired) electrons. The smallest absolute Gasteiger partial charge is 0.251 e. The van der Waals surface area contributed by atoms with E-state index in [2.05, 4.69) is 15.0 Å². The third-order valence-electron chi connectivity index (χ3n) is 2.06. The lowest BCUT2D eigenvalue weighted by Crippen LogP contribution is -2.12. The quantitative estimate of drug-likeness (QED) is 0.789. The van der Waals surface area contributed by atoms with E-state index in [1.807, 2.05) is 13.0 Å². The molecule has 5 nitrogen and oxygen atoms in total. The van der Waals surface area contributed by atoms with Gasteiger partial charge in [-0.1, -0.05) is 0 Å². The third-order valence-corrected chi connectivity index (χ3v) is 2.40. The fraction of sp³-hybridized carbons (Fsp3) is 0.200.